The molecule has 0 aliphatic rings. The molecule has 0 spiro atoms. The predicted octanol–water partition coefficient (Wildman–Crippen LogP) is 2.34. The van der Waals surface area contributed by atoms with Crippen LogP contribution >= 0.6 is 11.3 Å². The molecule has 0 atom stereocenters. The summed E-state index contributed by atoms with van der Waals surface area (Å²) in [5, 5.41) is 14.1. The van der Waals surface area contributed by atoms with Crippen molar-refractivity contribution in [3.8, 4) is 5.13 Å². The summed E-state index contributed by atoms with van der Waals surface area (Å²) in [6, 6.07) is 13.4. The SMILES string of the molecule is N=c1c2c(N)n(-c3nc4ccccc4s3)nc2nc2ccccn12. The van der Waals surface area contributed by atoms with Crippen molar-refractivity contribution in [1.82, 2.24) is 24.1 Å². The number of nitrogens with one attached hydrogen (secondary N) is 1. The fourth-order valence-corrected chi connectivity index (χ4v) is 3.70. The molecule has 3 N–H and O–H groups in total. The van der Waals surface area contributed by atoms with E-state index in [9.17, 15) is 0 Å². The lowest BCUT2D eigenvalue weighted by Gasteiger charge is -2.00. The molecule has 1 aromatic carbocycles. The van der Waals surface area contributed by atoms with E-state index >= 15 is 0 Å². The van der Waals surface area contributed by atoms with Crippen molar-refractivity contribution in [3.63, 3.8) is 0 Å². The molecule has 0 aliphatic carbocycles. The molecule has 0 bridgehead atoms. The Morgan fingerprint density at radius 1 is 1.04 bits per heavy atom. The second-order valence-corrected chi connectivity index (χ2v) is 6.36. The van der Waals surface area contributed by atoms with Gasteiger partial charge in [-0.2, -0.15) is 4.68 Å². The minimum absolute atomic E-state index is 0.264. The van der Waals surface area contributed by atoms with Gasteiger partial charge in [-0.15, -0.1) is 5.10 Å². The van der Waals surface area contributed by atoms with Crippen molar-refractivity contribution in [2.75, 3.05) is 5.73 Å². The van der Waals surface area contributed by atoms with E-state index in [-0.39, 0.29) is 5.49 Å². The molecule has 0 amide bonds. The Morgan fingerprint density at radius 3 is 2.75 bits per heavy atom. The van der Waals surface area contributed by atoms with E-state index in [1.807, 2.05) is 42.5 Å². The Kier molecular flexibility index (Phi) is 2.54. The summed E-state index contributed by atoms with van der Waals surface area (Å²) in [6.45, 7) is 0. The van der Waals surface area contributed by atoms with Crippen LogP contribution in [0.15, 0.2) is 48.7 Å². The minimum atomic E-state index is 0.264. The number of thiazole rings is 1. The minimum Gasteiger partial charge on any atom is -0.383 e. The Hall–Kier alpha value is -3.26. The number of rotatable bonds is 1. The van der Waals surface area contributed by atoms with E-state index in [0.29, 0.717) is 27.6 Å². The first-order valence-corrected chi connectivity index (χ1v) is 8.10. The summed E-state index contributed by atoms with van der Waals surface area (Å²) in [7, 11) is 0. The zero-order chi connectivity index (χ0) is 16.3. The van der Waals surface area contributed by atoms with E-state index in [1.165, 1.54) is 11.3 Å². The molecule has 5 rings (SSSR count). The first-order valence-electron chi connectivity index (χ1n) is 7.28. The number of nitrogens with zero attached hydrogens (tertiary/aromatic N) is 5. The second kappa shape index (κ2) is 4.62. The van der Waals surface area contributed by atoms with Crippen molar-refractivity contribution < 1.29 is 0 Å². The molecule has 0 unspecified atom stereocenters. The fraction of sp³-hybridized carbons (Fsp3) is 0. The largest absolute Gasteiger partial charge is 0.383 e. The van der Waals surface area contributed by atoms with Gasteiger partial charge in [-0.25, -0.2) is 9.97 Å². The van der Waals surface area contributed by atoms with Gasteiger partial charge in [0.2, 0.25) is 5.13 Å². The number of benzene rings is 1. The van der Waals surface area contributed by atoms with E-state index in [4.69, 9.17) is 11.1 Å². The van der Waals surface area contributed by atoms with Crippen molar-refractivity contribution in [2.45, 2.75) is 0 Å². The van der Waals surface area contributed by atoms with E-state index in [0.717, 1.165) is 10.2 Å². The highest BCUT2D eigenvalue weighted by Gasteiger charge is 2.17. The molecule has 24 heavy (non-hydrogen) atoms. The second-order valence-electron chi connectivity index (χ2n) is 5.35. The van der Waals surface area contributed by atoms with E-state index < -0.39 is 0 Å². The van der Waals surface area contributed by atoms with E-state index in [1.54, 1.807) is 15.3 Å². The van der Waals surface area contributed by atoms with Crippen LogP contribution in [0.3, 0.4) is 0 Å². The number of nitrogen functional groups attached to an aromatic ring is 1. The highest BCUT2D eigenvalue weighted by atomic mass is 32.1. The molecule has 116 valence electrons. The van der Waals surface area contributed by atoms with Crippen molar-refractivity contribution in [3.05, 3.63) is 54.1 Å². The van der Waals surface area contributed by atoms with Gasteiger partial charge in [0.25, 0.3) is 0 Å². The Bertz CT molecular complexity index is 1260. The molecule has 0 aliphatic heterocycles. The van der Waals surface area contributed by atoms with Gasteiger partial charge in [0, 0.05) is 6.20 Å². The quantitative estimate of drug-likeness (QED) is 0.492. The molecule has 4 aromatic heterocycles. The van der Waals surface area contributed by atoms with Crippen LogP contribution in [0, 0.1) is 5.41 Å². The molecule has 8 heteroatoms. The standard InChI is InChI=1S/C16H11N7S/c17-13-12-14(18)23(16-19-9-5-1-2-6-10(9)24-16)21-15(12)20-11-7-3-4-8-22(11)13/h1-8,17H,18H2. The van der Waals surface area contributed by atoms with Crippen LogP contribution in [-0.4, -0.2) is 24.1 Å². The monoisotopic (exact) mass is 333 g/mol. The number of hydrogen-bond donors (Lipinski definition) is 2. The summed E-state index contributed by atoms with van der Waals surface area (Å²) < 4.78 is 4.31. The third-order valence-corrected chi connectivity index (χ3v) is 4.91. The zero-order valence-corrected chi connectivity index (χ0v) is 13.2. The number of para-hydroxylation sites is 1. The Balaban J connectivity index is 1.86. The Morgan fingerprint density at radius 2 is 1.88 bits per heavy atom. The Labute approximate surface area is 139 Å². The smallest absolute Gasteiger partial charge is 0.213 e. The molecule has 5 aromatic rings. The average molecular weight is 333 g/mol. The van der Waals surface area contributed by atoms with Gasteiger partial charge in [-0.05, 0) is 24.3 Å². The molecule has 7 nitrogen and oxygen atoms in total. The molecular weight excluding hydrogens is 322 g/mol. The maximum atomic E-state index is 8.43. The molecular formula is C16H11N7S. The van der Waals surface area contributed by atoms with E-state index in [2.05, 4.69) is 15.1 Å². The van der Waals surface area contributed by atoms with Crippen molar-refractivity contribution >= 4 is 44.1 Å². The van der Waals surface area contributed by atoms with Gasteiger partial charge < -0.3 is 5.73 Å². The lowest BCUT2D eigenvalue weighted by atomic mass is 10.3. The number of aromatic nitrogens is 5. The van der Waals surface area contributed by atoms with Gasteiger partial charge in [0.15, 0.2) is 5.65 Å². The molecule has 0 fully saturated rings. The molecule has 0 radical (unpaired) electrons. The highest BCUT2D eigenvalue weighted by Crippen LogP contribution is 2.27. The molecule has 0 saturated heterocycles. The number of nitrogens with two attached hydrogens (primary N) is 1. The normalized spacial score (nSPS) is 11.7. The van der Waals surface area contributed by atoms with Gasteiger partial charge in [0.1, 0.15) is 22.3 Å². The topological polar surface area (TPSA) is 97.9 Å². The van der Waals surface area contributed by atoms with Gasteiger partial charge in [0.05, 0.1) is 10.2 Å². The van der Waals surface area contributed by atoms with Crippen LogP contribution in [0.2, 0.25) is 0 Å². The highest BCUT2D eigenvalue weighted by molar-refractivity contribution is 7.20. The van der Waals surface area contributed by atoms with Gasteiger partial charge in [-0.3, -0.25) is 9.81 Å². The zero-order valence-electron chi connectivity index (χ0n) is 12.3. The maximum Gasteiger partial charge on any atom is 0.213 e. The van der Waals surface area contributed by atoms with Crippen LogP contribution in [0.25, 0.3) is 32.0 Å². The number of pyridine rings is 1. The third-order valence-electron chi connectivity index (χ3n) is 3.90. The number of anilines is 1. The van der Waals surface area contributed by atoms with Crippen LogP contribution in [0.1, 0.15) is 0 Å². The number of hydrogen-bond acceptors (Lipinski definition) is 6. The van der Waals surface area contributed by atoms with Gasteiger partial charge in [-0.1, -0.05) is 29.5 Å². The molecule has 4 heterocycles. The summed E-state index contributed by atoms with van der Waals surface area (Å²) in [5.74, 6) is 0.375. The first-order chi connectivity index (χ1) is 11.7. The lowest BCUT2D eigenvalue weighted by molar-refractivity contribution is 0.892. The summed E-state index contributed by atoms with van der Waals surface area (Å²) >= 11 is 1.50. The average Bonchev–Trinajstić information content (AvgIpc) is 3.16. The van der Waals surface area contributed by atoms with Crippen LogP contribution in [-0.2, 0) is 0 Å². The van der Waals surface area contributed by atoms with Crippen molar-refractivity contribution in [2.24, 2.45) is 0 Å². The summed E-state index contributed by atoms with van der Waals surface area (Å²) in [4.78, 5) is 9.09. The van der Waals surface area contributed by atoms with Gasteiger partial charge >= 0.3 is 0 Å². The molecule has 0 saturated carbocycles. The van der Waals surface area contributed by atoms with Crippen LogP contribution in [0.5, 0.6) is 0 Å². The summed E-state index contributed by atoms with van der Waals surface area (Å²) in [5.41, 5.74) is 8.54. The first kappa shape index (κ1) is 13.2. The van der Waals surface area contributed by atoms with Crippen LogP contribution < -0.4 is 11.2 Å². The third kappa shape index (κ3) is 1.71. The fourth-order valence-electron chi connectivity index (χ4n) is 2.76. The van der Waals surface area contributed by atoms with Crippen LogP contribution in [0.4, 0.5) is 5.82 Å². The predicted molar refractivity (Wildman–Crippen MR) is 93.3 cm³/mol. The van der Waals surface area contributed by atoms with Crippen molar-refractivity contribution in [1.29, 1.82) is 5.41 Å². The summed E-state index contributed by atoms with van der Waals surface area (Å²) in [6.07, 6.45) is 1.79. The number of fused-ring (bicyclic) bond motifs is 3. The lowest BCUT2D eigenvalue weighted by Crippen LogP contribution is -2.15. The maximum absolute atomic E-state index is 8.43.